The van der Waals surface area contributed by atoms with Crippen molar-refractivity contribution in [1.29, 1.82) is 0 Å². The fraction of sp³-hybridized carbons (Fsp3) is 0.188. The quantitative estimate of drug-likeness (QED) is 0.826. The van der Waals surface area contributed by atoms with Gasteiger partial charge in [0.15, 0.2) is 11.5 Å². The highest BCUT2D eigenvalue weighted by molar-refractivity contribution is 5.96. The van der Waals surface area contributed by atoms with Gasteiger partial charge in [0.2, 0.25) is 0 Å². The lowest BCUT2D eigenvalue weighted by molar-refractivity contribution is 0.0697. The minimum Gasteiger partial charge on any atom is -0.493 e. The number of methoxy groups -OCH3 is 1. The van der Waals surface area contributed by atoms with Crippen LogP contribution in [0.2, 0.25) is 0 Å². The van der Waals surface area contributed by atoms with Crippen LogP contribution in [0.25, 0.3) is 0 Å². The van der Waals surface area contributed by atoms with Crippen LogP contribution >= 0.6 is 0 Å². The topological polar surface area (TPSA) is 81.8 Å². The number of nitrogens with two attached hydrogens (primary N) is 1. The van der Waals surface area contributed by atoms with Crippen LogP contribution in [0, 0.1) is 6.92 Å². The molecule has 0 aliphatic carbocycles. The zero-order valence-electron chi connectivity index (χ0n) is 11.9. The molecule has 0 saturated heterocycles. The molecular formula is C16H17NO4. The normalized spacial score (nSPS) is 10.2. The summed E-state index contributed by atoms with van der Waals surface area (Å²) in [6.45, 7) is 2.02. The van der Waals surface area contributed by atoms with Crippen molar-refractivity contribution in [2.45, 2.75) is 13.5 Å². The summed E-state index contributed by atoms with van der Waals surface area (Å²) < 4.78 is 11.0. The van der Waals surface area contributed by atoms with E-state index in [2.05, 4.69) is 0 Å². The number of anilines is 1. The van der Waals surface area contributed by atoms with Gasteiger partial charge in [-0.25, -0.2) is 4.79 Å². The summed E-state index contributed by atoms with van der Waals surface area (Å²) >= 11 is 0. The number of carboxylic acid groups (broad SMARTS) is 1. The fourth-order valence-corrected chi connectivity index (χ4v) is 2.06. The second kappa shape index (κ2) is 6.17. The smallest absolute Gasteiger partial charge is 0.337 e. The van der Waals surface area contributed by atoms with Crippen LogP contribution in [0.1, 0.15) is 21.5 Å². The highest BCUT2D eigenvalue weighted by Crippen LogP contribution is 2.37. The molecule has 0 aliphatic heterocycles. The lowest BCUT2D eigenvalue weighted by Gasteiger charge is -2.16. The first-order valence-corrected chi connectivity index (χ1v) is 6.41. The summed E-state index contributed by atoms with van der Waals surface area (Å²) in [7, 11) is 1.50. The molecule has 0 atom stereocenters. The van der Waals surface area contributed by atoms with Gasteiger partial charge in [-0.2, -0.15) is 0 Å². The second-order valence-electron chi connectivity index (χ2n) is 4.57. The molecule has 5 heteroatoms. The molecule has 3 N–H and O–H groups in total. The average molecular weight is 287 g/mol. The molecule has 0 fully saturated rings. The Bertz CT molecular complexity index is 653. The van der Waals surface area contributed by atoms with Crippen LogP contribution < -0.4 is 15.2 Å². The van der Waals surface area contributed by atoms with Crippen molar-refractivity contribution in [3.05, 3.63) is 53.1 Å². The van der Waals surface area contributed by atoms with Crippen LogP contribution in [-0.4, -0.2) is 18.2 Å². The number of carboxylic acids is 1. The van der Waals surface area contributed by atoms with Crippen molar-refractivity contribution < 1.29 is 19.4 Å². The molecule has 0 amide bonds. The van der Waals surface area contributed by atoms with Crippen molar-refractivity contribution in [2.24, 2.45) is 0 Å². The zero-order chi connectivity index (χ0) is 15.4. The molecule has 0 radical (unpaired) electrons. The first-order chi connectivity index (χ1) is 10.0. The monoisotopic (exact) mass is 287 g/mol. The van der Waals surface area contributed by atoms with Crippen LogP contribution in [0.3, 0.4) is 0 Å². The number of rotatable bonds is 5. The minimum atomic E-state index is -1.09. The number of ether oxygens (including phenoxy) is 2. The Morgan fingerprint density at radius 2 is 1.95 bits per heavy atom. The summed E-state index contributed by atoms with van der Waals surface area (Å²) in [6, 6.07) is 11.0. The van der Waals surface area contributed by atoms with E-state index in [1.165, 1.54) is 13.2 Å². The van der Waals surface area contributed by atoms with Gasteiger partial charge in [-0.05, 0) is 12.5 Å². The van der Waals surface area contributed by atoms with Gasteiger partial charge in [0, 0.05) is 11.6 Å². The maximum Gasteiger partial charge on any atom is 0.337 e. The number of hydrogen-bond acceptors (Lipinski definition) is 4. The molecule has 110 valence electrons. The van der Waals surface area contributed by atoms with E-state index < -0.39 is 5.97 Å². The largest absolute Gasteiger partial charge is 0.493 e. The van der Waals surface area contributed by atoms with E-state index in [1.807, 2.05) is 30.3 Å². The Balaban J connectivity index is 2.35. The van der Waals surface area contributed by atoms with E-state index in [0.717, 1.165) is 5.56 Å². The molecule has 2 rings (SSSR count). The van der Waals surface area contributed by atoms with Crippen LogP contribution in [0.15, 0.2) is 36.4 Å². The van der Waals surface area contributed by atoms with Gasteiger partial charge in [0.25, 0.3) is 0 Å². The third-order valence-corrected chi connectivity index (χ3v) is 3.21. The highest BCUT2D eigenvalue weighted by atomic mass is 16.5. The Kier molecular flexibility index (Phi) is 4.33. The van der Waals surface area contributed by atoms with Crippen molar-refractivity contribution in [1.82, 2.24) is 0 Å². The predicted octanol–water partition coefficient (Wildman–Crippen LogP) is 2.86. The SMILES string of the molecule is COc1c(OCc2ccccc2)cc(C(=O)O)c(N)c1C. The Hall–Kier alpha value is -2.69. The molecule has 0 bridgehead atoms. The van der Waals surface area contributed by atoms with Gasteiger partial charge >= 0.3 is 5.97 Å². The standard InChI is InChI=1S/C16H17NO4/c1-10-14(17)12(16(18)19)8-13(15(10)20-2)21-9-11-6-4-3-5-7-11/h3-8H,9,17H2,1-2H3,(H,18,19). The van der Waals surface area contributed by atoms with Gasteiger partial charge in [0.1, 0.15) is 6.61 Å². The fourth-order valence-electron chi connectivity index (χ4n) is 2.06. The van der Waals surface area contributed by atoms with Crippen LogP contribution in [0.5, 0.6) is 11.5 Å². The van der Waals surface area contributed by atoms with Crippen molar-refractivity contribution in [3.63, 3.8) is 0 Å². The highest BCUT2D eigenvalue weighted by Gasteiger charge is 2.19. The third-order valence-electron chi connectivity index (χ3n) is 3.21. The van der Waals surface area contributed by atoms with E-state index in [9.17, 15) is 9.90 Å². The molecular weight excluding hydrogens is 270 g/mol. The van der Waals surface area contributed by atoms with Gasteiger partial charge in [0.05, 0.1) is 18.4 Å². The van der Waals surface area contributed by atoms with Crippen molar-refractivity contribution in [2.75, 3.05) is 12.8 Å². The van der Waals surface area contributed by atoms with E-state index in [-0.39, 0.29) is 11.3 Å². The lowest BCUT2D eigenvalue weighted by Crippen LogP contribution is -2.08. The van der Waals surface area contributed by atoms with Crippen molar-refractivity contribution >= 4 is 11.7 Å². The molecule has 0 saturated carbocycles. The number of aromatic carboxylic acids is 1. The third kappa shape index (κ3) is 3.08. The molecule has 0 aliphatic rings. The van der Waals surface area contributed by atoms with Crippen molar-refractivity contribution in [3.8, 4) is 11.5 Å². The summed E-state index contributed by atoms with van der Waals surface area (Å²) in [5.74, 6) is -0.276. The molecule has 0 heterocycles. The van der Waals surface area contributed by atoms with Crippen LogP contribution in [0.4, 0.5) is 5.69 Å². The molecule has 0 aromatic heterocycles. The average Bonchev–Trinajstić information content (AvgIpc) is 2.49. The van der Waals surface area contributed by atoms with Gasteiger partial charge < -0.3 is 20.3 Å². The van der Waals surface area contributed by atoms with Gasteiger partial charge in [-0.3, -0.25) is 0 Å². The zero-order valence-corrected chi connectivity index (χ0v) is 11.9. The summed E-state index contributed by atoms with van der Waals surface area (Å²) in [4.78, 5) is 11.2. The number of nitrogen functional groups attached to an aromatic ring is 1. The lowest BCUT2D eigenvalue weighted by atomic mass is 10.1. The van der Waals surface area contributed by atoms with E-state index in [1.54, 1.807) is 6.92 Å². The predicted molar refractivity (Wildman–Crippen MR) is 79.9 cm³/mol. The Labute approximate surface area is 122 Å². The summed E-state index contributed by atoms with van der Waals surface area (Å²) in [5, 5.41) is 9.19. The molecule has 0 spiro atoms. The summed E-state index contributed by atoms with van der Waals surface area (Å²) in [6.07, 6.45) is 0. The number of benzene rings is 2. The van der Waals surface area contributed by atoms with Gasteiger partial charge in [-0.15, -0.1) is 0 Å². The second-order valence-corrected chi connectivity index (χ2v) is 4.57. The Morgan fingerprint density at radius 3 is 2.52 bits per heavy atom. The van der Waals surface area contributed by atoms with E-state index in [0.29, 0.717) is 23.7 Å². The maximum atomic E-state index is 11.2. The first-order valence-electron chi connectivity index (χ1n) is 6.41. The van der Waals surface area contributed by atoms with Gasteiger partial charge in [-0.1, -0.05) is 30.3 Å². The molecule has 21 heavy (non-hydrogen) atoms. The molecule has 5 nitrogen and oxygen atoms in total. The van der Waals surface area contributed by atoms with E-state index in [4.69, 9.17) is 15.2 Å². The number of carbonyl (C=O) groups is 1. The maximum absolute atomic E-state index is 11.2. The molecule has 2 aromatic carbocycles. The van der Waals surface area contributed by atoms with Crippen LogP contribution in [-0.2, 0) is 6.61 Å². The molecule has 2 aromatic rings. The number of hydrogen-bond donors (Lipinski definition) is 2. The Morgan fingerprint density at radius 1 is 1.29 bits per heavy atom. The minimum absolute atomic E-state index is 0.0105. The molecule has 0 unspecified atom stereocenters. The van der Waals surface area contributed by atoms with E-state index >= 15 is 0 Å². The summed E-state index contributed by atoms with van der Waals surface area (Å²) in [5.41, 5.74) is 7.55. The first kappa shape index (κ1) is 14.7.